The summed E-state index contributed by atoms with van der Waals surface area (Å²) in [5.41, 5.74) is 2.06. The van der Waals surface area contributed by atoms with Gasteiger partial charge in [-0.15, -0.1) is 0 Å². The van der Waals surface area contributed by atoms with Gasteiger partial charge in [0, 0.05) is 38.2 Å². The van der Waals surface area contributed by atoms with Crippen molar-refractivity contribution in [2.75, 3.05) is 26.7 Å². The van der Waals surface area contributed by atoms with E-state index in [1.54, 1.807) is 4.90 Å². The zero-order valence-corrected chi connectivity index (χ0v) is 15.5. The molecule has 0 aromatic heterocycles. The van der Waals surface area contributed by atoms with E-state index in [4.69, 9.17) is 0 Å². The van der Waals surface area contributed by atoms with Crippen molar-refractivity contribution < 1.29 is 9.59 Å². The molecule has 0 N–H and O–H groups in total. The number of carbonyl (C=O) groups is 2. The van der Waals surface area contributed by atoms with Gasteiger partial charge in [-0.1, -0.05) is 19.1 Å². The van der Waals surface area contributed by atoms with Crippen LogP contribution >= 0.6 is 0 Å². The van der Waals surface area contributed by atoms with E-state index in [1.165, 1.54) is 5.56 Å². The van der Waals surface area contributed by atoms with Gasteiger partial charge in [0.05, 0.1) is 0 Å². The van der Waals surface area contributed by atoms with Crippen molar-refractivity contribution in [2.45, 2.75) is 45.4 Å². The topological polar surface area (TPSA) is 40.6 Å². The van der Waals surface area contributed by atoms with Crippen LogP contribution in [0.15, 0.2) is 24.3 Å². The van der Waals surface area contributed by atoms with Crippen LogP contribution < -0.4 is 0 Å². The zero-order chi connectivity index (χ0) is 17.8. The van der Waals surface area contributed by atoms with Crippen molar-refractivity contribution in [3.8, 4) is 0 Å². The van der Waals surface area contributed by atoms with Crippen LogP contribution in [-0.2, 0) is 11.2 Å². The van der Waals surface area contributed by atoms with E-state index in [-0.39, 0.29) is 5.91 Å². The predicted molar refractivity (Wildman–Crippen MR) is 99.4 cm³/mol. The molecule has 1 aromatic rings. The van der Waals surface area contributed by atoms with Crippen molar-refractivity contribution in [3.05, 3.63) is 35.4 Å². The summed E-state index contributed by atoms with van der Waals surface area (Å²) in [7, 11) is 1.86. The Morgan fingerprint density at radius 3 is 2.28 bits per heavy atom. The van der Waals surface area contributed by atoms with Crippen LogP contribution in [0.25, 0.3) is 0 Å². The molecule has 1 aliphatic heterocycles. The van der Waals surface area contributed by atoms with Crippen LogP contribution in [0, 0.1) is 11.8 Å². The molecular weight excluding hydrogens is 312 g/mol. The molecule has 4 nitrogen and oxygen atoms in total. The molecule has 1 saturated heterocycles. The Labute approximate surface area is 151 Å². The first-order valence-corrected chi connectivity index (χ1v) is 9.71. The number of rotatable bonds is 6. The highest BCUT2D eigenvalue weighted by atomic mass is 16.2. The summed E-state index contributed by atoms with van der Waals surface area (Å²) in [6.07, 6.45) is 6.40. The summed E-state index contributed by atoms with van der Waals surface area (Å²) in [6.45, 7) is 4.70. The van der Waals surface area contributed by atoms with Gasteiger partial charge in [-0.05, 0) is 62.1 Å². The molecule has 3 rings (SSSR count). The standard InChI is InChI=1S/C21H30N2O2/c1-3-12-22(2)20(24)18-6-4-16(5-7-18)15-17-10-13-23(14-11-17)21(25)19-8-9-19/h4-7,17,19H,3,8-15H2,1-2H3. The van der Waals surface area contributed by atoms with Crippen LogP contribution in [-0.4, -0.2) is 48.3 Å². The Kier molecular flexibility index (Phi) is 5.77. The van der Waals surface area contributed by atoms with Gasteiger partial charge in [0.15, 0.2) is 0 Å². The third kappa shape index (κ3) is 4.62. The maximum Gasteiger partial charge on any atom is 0.253 e. The highest BCUT2D eigenvalue weighted by Crippen LogP contribution is 2.32. The number of piperidine rings is 1. The van der Waals surface area contributed by atoms with Crippen molar-refractivity contribution in [3.63, 3.8) is 0 Å². The van der Waals surface area contributed by atoms with Crippen LogP contribution in [0.1, 0.15) is 54.9 Å². The molecule has 0 spiro atoms. The predicted octanol–water partition coefficient (Wildman–Crippen LogP) is 3.36. The van der Waals surface area contributed by atoms with E-state index in [2.05, 4.69) is 24.0 Å². The highest BCUT2D eigenvalue weighted by molar-refractivity contribution is 5.94. The maximum absolute atomic E-state index is 12.3. The molecule has 2 aliphatic rings. The fourth-order valence-corrected chi connectivity index (χ4v) is 3.72. The minimum atomic E-state index is 0.0975. The molecule has 136 valence electrons. The van der Waals surface area contributed by atoms with Gasteiger partial charge < -0.3 is 9.80 Å². The minimum Gasteiger partial charge on any atom is -0.342 e. The van der Waals surface area contributed by atoms with E-state index in [0.29, 0.717) is 17.7 Å². The Hall–Kier alpha value is -1.84. The Morgan fingerprint density at radius 2 is 1.72 bits per heavy atom. The molecule has 2 fully saturated rings. The van der Waals surface area contributed by atoms with Gasteiger partial charge >= 0.3 is 0 Å². The molecule has 1 saturated carbocycles. The second-order valence-electron chi connectivity index (χ2n) is 7.67. The fourth-order valence-electron chi connectivity index (χ4n) is 3.72. The van der Waals surface area contributed by atoms with Crippen LogP contribution in [0.3, 0.4) is 0 Å². The first kappa shape index (κ1) is 18.0. The second-order valence-corrected chi connectivity index (χ2v) is 7.67. The Bertz CT molecular complexity index is 599. The summed E-state index contributed by atoms with van der Waals surface area (Å²) in [6, 6.07) is 8.09. The number of likely N-dealkylation sites (tertiary alicyclic amines) is 1. The van der Waals surface area contributed by atoms with Crippen molar-refractivity contribution in [1.82, 2.24) is 9.80 Å². The normalized spacial score (nSPS) is 18.2. The lowest BCUT2D eigenvalue weighted by molar-refractivity contribution is -0.133. The van der Waals surface area contributed by atoms with Gasteiger partial charge in [-0.2, -0.15) is 0 Å². The Balaban J connectivity index is 1.49. The molecule has 1 aromatic carbocycles. The number of carbonyl (C=O) groups excluding carboxylic acids is 2. The van der Waals surface area contributed by atoms with Crippen LogP contribution in [0.2, 0.25) is 0 Å². The van der Waals surface area contributed by atoms with E-state index >= 15 is 0 Å². The largest absolute Gasteiger partial charge is 0.342 e. The smallest absolute Gasteiger partial charge is 0.253 e. The lowest BCUT2D eigenvalue weighted by Gasteiger charge is -2.32. The summed E-state index contributed by atoms with van der Waals surface area (Å²) >= 11 is 0. The third-order valence-electron chi connectivity index (χ3n) is 5.48. The monoisotopic (exact) mass is 342 g/mol. The first-order valence-electron chi connectivity index (χ1n) is 9.71. The van der Waals surface area contributed by atoms with Crippen molar-refractivity contribution in [2.24, 2.45) is 11.8 Å². The van der Waals surface area contributed by atoms with E-state index in [9.17, 15) is 9.59 Å². The molecule has 2 amide bonds. The fraction of sp³-hybridized carbons (Fsp3) is 0.619. The molecule has 1 aliphatic carbocycles. The quantitative estimate of drug-likeness (QED) is 0.795. The molecule has 0 bridgehead atoms. The van der Waals surface area contributed by atoms with Gasteiger partial charge in [-0.25, -0.2) is 0 Å². The summed E-state index contributed by atoms with van der Waals surface area (Å²) < 4.78 is 0. The zero-order valence-electron chi connectivity index (χ0n) is 15.5. The lowest BCUT2D eigenvalue weighted by Crippen LogP contribution is -2.39. The van der Waals surface area contributed by atoms with E-state index in [1.807, 2.05) is 19.2 Å². The van der Waals surface area contributed by atoms with E-state index in [0.717, 1.165) is 63.7 Å². The number of amides is 2. The Morgan fingerprint density at radius 1 is 1.08 bits per heavy atom. The average Bonchev–Trinajstić information content (AvgIpc) is 3.47. The first-order chi connectivity index (χ1) is 12.1. The van der Waals surface area contributed by atoms with Crippen molar-refractivity contribution >= 4 is 11.8 Å². The molecule has 0 atom stereocenters. The molecule has 0 unspecified atom stereocenters. The number of hydrogen-bond acceptors (Lipinski definition) is 2. The number of benzene rings is 1. The minimum absolute atomic E-state index is 0.0975. The number of hydrogen-bond donors (Lipinski definition) is 0. The maximum atomic E-state index is 12.3. The number of nitrogens with zero attached hydrogens (tertiary/aromatic N) is 2. The SMILES string of the molecule is CCCN(C)C(=O)c1ccc(CC2CCN(C(=O)C3CC3)CC2)cc1. The van der Waals surface area contributed by atoms with Gasteiger partial charge in [0.25, 0.3) is 5.91 Å². The van der Waals surface area contributed by atoms with Crippen LogP contribution in [0.4, 0.5) is 0 Å². The molecule has 1 heterocycles. The highest BCUT2D eigenvalue weighted by Gasteiger charge is 2.34. The molecule has 4 heteroatoms. The summed E-state index contributed by atoms with van der Waals surface area (Å²) in [5.74, 6) is 1.47. The molecule has 25 heavy (non-hydrogen) atoms. The molecule has 0 radical (unpaired) electrons. The summed E-state index contributed by atoms with van der Waals surface area (Å²) in [4.78, 5) is 28.3. The summed E-state index contributed by atoms with van der Waals surface area (Å²) in [5, 5.41) is 0. The van der Waals surface area contributed by atoms with Gasteiger partial charge in [-0.3, -0.25) is 9.59 Å². The van der Waals surface area contributed by atoms with Gasteiger partial charge in [0.1, 0.15) is 0 Å². The van der Waals surface area contributed by atoms with Crippen LogP contribution in [0.5, 0.6) is 0 Å². The van der Waals surface area contributed by atoms with Gasteiger partial charge in [0.2, 0.25) is 5.91 Å². The third-order valence-corrected chi connectivity index (χ3v) is 5.48. The average molecular weight is 342 g/mol. The lowest BCUT2D eigenvalue weighted by atomic mass is 9.89. The second kappa shape index (κ2) is 8.03. The molecular formula is C21H30N2O2. The van der Waals surface area contributed by atoms with E-state index < -0.39 is 0 Å². The van der Waals surface area contributed by atoms with Crippen molar-refractivity contribution in [1.29, 1.82) is 0 Å².